The lowest BCUT2D eigenvalue weighted by atomic mass is 9.72. The Labute approximate surface area is 77.4 Å². The van der Waals surface area contributed by atoms with E-state index in [1.807, 2.05) is 12.1 Å². The smallest absolute Gasteiger partial charge is 0.115 e. The van der Waals surface area contributed by atoms with Gasteiger partial charge < -0.3 is 10.8 Å². The Morgan fingerprint density at radius 1 is 1.38 bits per heavy atom. The number of aromatic hydroxyl groups is 1. The summed E-state index contributed by atoms with van der Waals surface area (Å²) in [6, 6.07) is 5.63. The molecule has 1 atom stereocenters. The van der Waals surface area contributed by atoms with E-state index in [0.29, 0.717) is 11.7 Å². The fourth-order valence-electron chi connectivity index (χ4n) is 2.30. The van der Waals surface area contributed by atoms with Gasteiger partial charge in [0.1, 0.15) is 5.75 Å². The highest BCUT2D eigenvalue weighted by Crippen LogP contribution is 2.52. The number of hydrogen-bond donors (Lipinski definition) is 2. The van der Waals surface area contributed by atoms with E-state index in [-0.39, 0.29) is 5.54 Å². The van der Waals surface area contributed by atoms with Crippen LogP contribution in [0.4, 0.5) is 0 Å². The standard InChI is InChI=1S/C11H13NO/c12-11(3-4-11)10-5-7-1-2-8(13)6-9(7)10/h1-2,6,10,13H,3-5,12H2. The van der Waals surface area contributed by atoms with Gasteiger partial charge in [-0.25, -0.2) is 0 Å². The van der Waals surface area contributed by atoms with Crippen LogP contribution in [0.2, 0.25) is 0 Å². The molecule has 0 saturated heterocycles. The fraction of sp³-hybridized carbons (Fsp3) is 0.455. The van der Waals surface area contributed by atoms with Crippen molar-refractivity contribution in [1.29, 1.82) is 0 Å². The van der Waals surface area contributed by atoms with Crippen LogP contribution < -0.4 is 5.73 Å². The first-order valence-electron chi connectivity index (χ1n) is 4.80. The van der Waals surface area contributed by atoms with Crippen LogP contribution in [0.25, 0.3) is 0 Å². The average Bonchev–Trinajstić information content (AvgIpc) is 2.76. The van der Waals surface area contributed by atoms with Crippen LogP contribution in [0.3, 0.4) is 0 Å². The van der Waals surface area contributed by atoms with Gasteiger partial charge in [0.2, 0.25) is 0 Å². The SMILES string of the molecule is NC1(C2Cc3ccc(O)cc32)CC1. The van der Waals surface area contributed by atoms with E-state index in [9.17, 15) is 5.11 Å². The molecule has 68 valence electrons. The largest absolute Gasteiger partial charge is 0.508 e. The Morgan fingerprint density at radius 3 is 2.85 bits per heavy atom. The average molecular weight is 175 g/mol. The summed E-state index contributed by atoms with van der Waals surface area (Å²) < 4.78 is 0. The molecular weight excluding hydrogens is 162 g/mol. The molecule has 3 N–H and O–H groups in total. The lowest BCUT2D eigenvalue weighted by Crippen LogP contribution is -2.37. The molecule has 1 fully saturated rings. The van der Waals surface area contributed by atoms with Gasteiger partial charge in [-0.15, -0.1) is 0 Å². The van der Waals surface area contributed by atoms with E-state index in [1.54, 1.807) is 6.07 Å². The van der Waals surface area contributed by atoms with Crippen LogP contribution in [0.5, 0.6) is 5.75 Å². The lowest BCUT2D eigenvalue weighted by molar-refractivity contribution is 0.449. The third kappa shape index (κ3) is 0.923. The minimum Gasteiger partial charge on any atom is -0.508 e. The van der Waals surface area contributed by atoms with E-state index in [4.69, 9.17) is 5.73 Å². The Hall–Kier alpha value is -1.02. The predicted molar refractivity (Wildman–Crippen MR) is 50.7 cm³/mol. The zero-order chi connectivity index (χ0) is 9.05. The summed E-state index contributed by atoms with van der Waals surface area (Å²) in [6.07, 6.45) is 3.39. The maximum atomic E-state index is 9.33. The molecule has 0 spiro atoms. The Balaban J connectivity index is 1.99. The Morgan fingerprint density at radius 2 is 2.15 bits per heavy atom. The molecule has 2 aliphatic carbocycles. The van der Waals surface area contributed by atoms with Gasteiger partial charge in [-0.3, -0.25) is 0 Å². The second kappa shape index (κ2) is 2.07. The monoisotopic (exact) mass is 175 g/mol. The molecule has 2 aliphatic rings. The molecule has 0 amide bonds. The van der Waals surface area contributed by atoms with E-state index >= 15 is 0 Å². The summed E-state index contributed by atoms with van der Waals surface area (Å²) in [5, 5.41) is 9.33. The number of fused-ring (bicyclic) bond motifs is 1. The molecule has 0 bridgehead atoms. The van der Waals surface area contributed by atoms with Gasteiger partial charge in [-0.05, 0) is 42.5 Å². The molecule has 1 saturated carbocycles. The van der Waals surface area contributed by atoms with Crippen molar-refractivity contribution in [2.75, 3.05) is 0 Å². The summed E-state index contributed by atoms with van der Waals surface area (Å²) in [5.74, 6) is 0.877. The van der Waals surface area contributed by atoms with Crippen molar-refractivity contribution < 1.29 is 5.11 Å². The summed E-state index contributed by atoms with van der Waals surface area (Å²) in [4.78, 5) is 0. The van der Waals surface area contributed by atoms with E-state index in [0.717, 1.165) is 19.3 Å². The van der Waals surface area contributed by atoms with Crippen LogP contribution in [-0.4, -0.2) is 10.6 Å². The fourth-order valence-corrected chi connectivity index (χ4v) is 2.30. The van der Waals surface area contributed by atoms with Gasteiger partial charge in [-0.2, -0.15) is 0 Å². The number of phenols is 1. The first-order chi connectivity index (χ1) is 6.19. The molecule has 0 heterocycles. The van der Waals surface area contributed by atoms with Gasteiger partial charge in [0, 0.05) is 11.5 Å². The zero-order valence-electron chi connectivity index (χ0n) is 7.46. The molecule has 1 aromatic carbocycles. The van der Waals surface area contributed by atoms with E-state index in [1.165, 1.54) is 11.1 Å². The van der Waals surface area contributed by atoms with Crippen LogP contribution in [0, 0.1) is 0 Å². The molecule has 2 heteroatoms. The number of hydrogen-bond acceptors (Lipinski definition) is 2. The first-order valence-corrected chi connectivity index (χ1v) is 4.80. The Kier molecular flexibility index (Phi) is 1.18. The highest BCUT2D eigenvalue weighted by Gasteiger charge is 2.50. The van der Waals surface area contributed by atoms with Crippen molar-refractivity contribution >= 4 is 0 Å². The zero-order valence-corrected chi connectivity index (χ0v) is 7.46. The maximum Gasteiger partial charge on any atom is 0.115 e. The molecule has 2 nitrogen and oxygen atoms in total. The van der Waals surface area contributed by atoms with Gasteiger partial charge in [0.05, 0.1) is 0 Å². The molecule has 1 aromatic rings. The molecule has 0 aromatic heterocycles. The lowest BCUT2D eigenvalue weighted by Gasteiger charge is -2.35. The predicted octanol–water partition coefficient (Wildman–Crippen LogP) is 1.52. The minimum atomic E-state index is 0.0702. The second-order valence-electron chi connectivity index (χ2n) is 4.37. The summed E-state index contributed by atoms with van der Waals surface area (Å²) >= 11 is 0. The molecule has 3 rings (SSSR count). The van der Waals surface area contributed by atoms with Crippen molar-refractivity contribution in [3.63, 3.8) is 0 Å². The molecule has 1 unspecified atom stereocenters. The van der Waals surface area contributed by atoms with Crippen molar-refractivity contribution in [2.24, 2.45) is 5.73 Å². The van der Waals surface area contributed by atoms with Gasteiger partial charge >= 0.3 is 0 Å². The highest BCUT2D eigenvalue weighted by atomic mass is 16.3. The van der Waals surface area contributed by atoms with Crippen molar-refractivity contribution in [2.45, 2.75) is 30.7 Å². The molecular formula is C11H13NO. The van der Waals surface area contributed by atoms with Crippen LogP contribution in [-0.2, 0) is 6.42 Å². The van der Waals surface area contributed by atoms with Gasteiger partial charge in [-0.1, -0.05) is 6.07 Å². The number of rotatable bonds is 1. The third-order valence-corrected chi connectivity index (χ3v) is 3.45. The quantitative estimate of drug-likeness (QED) is 0.679. The second-order valence-corrected chi connectivity index (χ2v) is 4.37. The van der Waals surface area contributed by atoms with E-state index < -0.39 is 0 Å². The summed E-state index contributed by atoms with van der Waals surface area (Å²) in [7, 11) is 0. The maximum absolute atomic E-state index is 9.33. The molecule has 0 radical (unpaired) electrons. The summed E-state index contributed by atoms with van der Waals surface area (Å²) in [6.45, 7) is 0. The van der Waals surface area contributed by atoms with E-state index in [2.05, 4.69) is 0 Å². The number of nitrogens with two attached hydrogens (primary N) is 1. The van der Waals surface area contributed by atoms with Crippen molar-refractivity contribution in [3.8, 4) is 5.75 Å². The summed E-state index contributed by atoms with van der Waals surface area (Å²) in [5.41, 5.74) is 8.84. The van der Waals surface area contributed by atoms with Gasteiger partial charge in [0.15, 0.2) is 0 Å². The van der Waals surface area contributed by atoms with Crippen molar-refractivity contribution in [3.05, 3.63) is 29.3 Å². The minimum absolute atomic E-state index is 0.0702. The molecule has 13 heavy (non-hydrogen) atoms. The third-order valence-electron chi connectivity index (χ3n) is 3.45. The normalized spacial score (nSPS) is 27.6. The highest BCUT2D eigenvalue weighted by molar-refractivity contribution is 5.48. The van der Waals surface area contributed by atoms with Crippen LogP contribution in [0.15, 0.2) is 18.2 Å². The van der Waals surface area contributed by atoms with Crippen molar-refractivity contribution in [1.82, 2.24) is 0 Å². The first kappa shape index (κ1) is 7.39. The molecule has 0 aliphatic heterocycles. The van der Waals surface area contributed by atoms with Crippen LogP contribution in [0.1, 0.15) is 29.9 Å². The number of phenolic OH excluding ortho intramolecular Hbond substituents is 1. The van der Waals surface area contributed by atoms with Crippen LogP contribution >= 0.6 is 0 Å². The van der Waals surface area contributed by atoms with Gasteiger partial charge in [0.25, 0.3) is 0 Å². The topological polar surface area (TPSA) is 46.2 Å². The number of benzene rings is 1. The Bertz CT molecular complexity index is 368.